The first-order valence-electron chi connectivity index (χ1n) is 5.41. The van der Waals surface area contributed by atoms with Crippen LogP contribution in [0.4, 0.5) is 0 Å². The van der Waals surface area contributed by atoms with Crippen LogP contribution < -0.4 is 4.74 Å². The number of benzene rings is 1. The maximum atomic E-state index is 9.09. The van der Waals surface area contributed by atoms with E-state index in [1.807, 2.05) is 27.0 Å². The fraction of sp³-hybridized carbons (Fsp3) is 0.231. The Labute approximate surface area is 110 Å². The number of rotatable bonds is 2. The van der Waals surface area contributed by atoms with Crippen molar-refractivity contribution in [2.45, 2.75) is 13.8 Å². The molecule has 0 fully saturated rings. The second-order valence-corrected chi connectivity index (χ2v) is 4.36. The minimum absolute atomic E-state index is 0.335. The first-order chi connectivity index (χ1) is 8.54. The second kappa shape index (κ2) is 4.71. The number of aromatic nitrogens is 2. The quantitative estimate of drug-likeness (QED) is 0.833. The zero-order chi connectivity index (χ0) is 13.3. The average Bonchev–Trinajstić information content (AvgIpc) is 2.56. The molecule has 1 heterocycles. The zero-order valence-electron chi connectivity index (χ0n) is 10.4. The van der Waals surface area contributed by atoms with Gasteiger partial charge in [-0.2, -0.15) is 10.4 Å². The molecular formula is C13H12ClN3O. The Bertz CT molecular complexity index is 640. The number of nitriles is 1. The summed E-state index contributed by atoms with van der Waals surface area (Å²) in [6, 6.07) is 7.18. The van der Waals surface area contributed by atoms with Gasteiger partial charge in [-0.3, -0.25) is 4.68 Å². The van der Waals surface area contributed by atoms with Crippen molar-refractivity contribution < 1.29 is 4.74 Å². The van der Waals surface area contributed by atoms with E-state index in [9.17, 15) is 0 Å². The summed E-state index contributed by atoms with van der Waals surface area (Å²) in [5.41, 5.74) is 2.01. The summed E-state index contributed by atoms with van der Waals surface area (Å²) in [4.78, 5) is 0. The molecule has 0 aliphatic carbocycles. The van der Waals surface area contributed by atoms with Crippen molar-refractivity contribution in [3.63, 3.8) is 0 Å². The normalized spacial score (nSPS) is 10.2. The lowest BCUT2D eigenvalue weighted by atomic mass is 10.2. The lowest BCUT2D eigenvalue weighted by Gasteiger charge is -2.08. The average molecular weight is 262 g/mol. The summed E-state index contributed by atoms with van der Waals surface area (Å²) in [5.74, 6) is 1.11. The van der Waals surface area contributed by atoms with Gasteiger partial charge in [0, 0.05) is 7.05 Å². The number of hydrogen-bond acceptors (Lipinski definition) is 3. The van der Waals surface area contributed by atoms with E-state index in [-0.39, 0.29) is 0 Å². The Morgan fingerprint density at radius 2 is 2.11 bits per heavy atom. The Hall–Kier alpha value is -1.99. The van der Waals surface area contributed by atoms with Crippen molar-refractivity contribution >= 4 is 11.6 Å². The topological polar surface area (TPSA) is 50.8 Å². The van der Waals surface area contributed by atoms with Gasteiger partial charge in [0.1, 0.15) is 23.1 Å². The molecule has 1 aromatic heterocycles. The number of ether oxygens (including phenoxy) is 1. The summed E-state index contributed by atoms with van der Waals surface area (Å²) in [6.45, 7) is 3.77. The molecule has 0 saturated heterocycles. The van der Waals surface area contributed by atoms with Gasteiger partial charge in [0.15, 0.2) is 5.75 Å². The van der Waals surface area contributed by atoms with Crippen LogP contribution in [0.2, 0.25) is 5.02 Å². The van der Waals surface area contributed by atoms with Crippen LogP contribution in [0.15, 0.2) is 18.2 Å². The van der Waals surface area contributed by atoms with Crippen LogP contribution in [0.25, 0.3) is 0 Å². The van der Waals surface area contributed by atoms with E-state index in [0.29, 0.717) is 22.1 Å². The number of halogens is 1. The number of hydrogen-bond donors (Lipinski definition) is 0. The molecule has 5 heteroatoms. The molecule has 0 atom stereocenters. The third-order valence-corrected chi connectivity index (χ3v) is 3.06. The summed E-state index contributed by atoms with van der Waals surface area (Å²) in [7, 11) is 1.85. The molecule has 0 aliphatic heterocycles. The van der Waals surface area contributed by atoms with Crippen molar-refractivity contribution in [2.75, 3.05) is 0 Å². The Balaban J connectivity index is 2.47. The van der Waals surface area contributed by atoms with Crippen LogP contribution in [-0.4, -0.2) is 9.78 Å². The van der Waals surface area contributed by atoms with Crippen LogP contribution in [0.5, 0.6) is 11.5 Å². The third kappa shape index (κ3) is 2.05. The van der Waals surface area contributed by atoms with E-state index >= 15 is 0 Å². The van der Waals surface area contributed by atoms with Gasteiger partial charge in [0.05, 0.1) is 10.7 Å². The highest BCUT2D eigenvalue weighted by Crippen LogP contribution is 2.32. The SMILES string of the molecule is Cc1nn(C)c(C)c1Oc1cccc(Cl)c1C#N. The van der Waals surface area contributed by atoms with Crippen LogP contribution in [0.3, 0.4) is 0 Å². The molecule has 0 bridgehead atoms. The number of aryl methyl sites for hydroxylation is 2. The lowest BCUT2D eigenvalue weighted by molar-refractivity contribution is 0.472. The molecule has 0 aliphatic rings. The Morgan fingerprint density at radius 1 is 1.39 bits per heavy atom. The van der Waals surface area contributed by atoms with Crippen LogP contribution >= 0.6 is 11.6 Å². The van der Waals surface area contributed by atoms with E-state index in [4.69, 9.17) is 21.6 Å². The van der Waals surface area contributed by atoms with Gasteiger partial charge in [-0.15, -0.1) is 0 Å². The highest BCUT2D eigenvalue weighted by molar-refractivity contribution is 6.31. The minimum atomic E-state index is 0.335. The van der Waals surface area contributed by atoms with Gasteiger partial charge in [-0.25, -0.2) is 0 Å². The molecule has 0 N–H and O–H groups in total. The predicted molar refractivity (Wildman–Crippen MR) is 68.9 cm³/mol. The fourth-order valence-corrected chi connectivity index (χ4v) is 1.92. The molecule has 0 saturated carbocycles. The predicted octanol–water partition coefficient (Wildman–Crippen LogP) is 3.35. The van der Waals surface area contributed by atoms with Gasteiger partial charge in [0.2, 0.25) is 0 Å². The van der Waals surface area contributed by atoms with E-state index in [2.05, 4.69) is 5.10 Å². The zero-order valence-corrected chi connectivity index (χ0v) is 11.1. The van der Waals surface area contributed by atoms with Gasteiger partial charge < -0.3 is 4.74 Å². The number of nitrogens with zero attached hydrogens (tertiary/aromatic N) is 3. The highest BCUT2D eigenvalue weighted by atomic mass is 35.5. The fourth-order valence-electron chi connectivity index (χ4n) is 1.71. The maximum Gasteiger partial charge on any atom is 0.171 e. The van der Waals surface area contributed by atoms with Crippen LogP contribution in [0, 0.1) is 25.2 Å². The van der Waals surface area contributed by atoms with Crippen LogP contribution in [-0.2, 0) is 7.05 Å². The van der Waals surface area contributed by atoms with Crippen molar-refractivity contribution in [2.24, 2.45) is 7.05 Å². The van der Waals surface area contributed by atoms with Gasteiger partial charge in [-0.1, -0.05) is 17.7 Å². The van der Waals surface area contributed by atoms with Crippen molar-refractivity contribution in [1.82, 2.24) is 9.78 Å². The summed E-state index contributed by atoms with van der Waals surface area (Å²) in [6.07, 6.45) is 0. The molecule has 92 valence electrons. The molecule has 0 amide bonds. The van der Waals surface area contributed by atoms with E-state index < -0.39 is 0 Å². The largest absolute Gasteiger partial charge is 0.452 e. The summed E-state index contributed by atoms with van der Waals surface area (Å²) in [5, 5.41) is 13.7. The molecule has 0 spiro atoms. The molecule has 2 aromatic rings. The van der Waals surface area contributed by atoms with Crippen molar-refractivity contribution in [1.29, 1.82) is 5.26 Å². The third-order valence-electron chi connectivity index (χ3n) is 2.74. The van der Waals surface area contributed by atoms with E-state index in [1.54, 1.807) is 22.9 Å². The first kappa shape index (κ1) is 12.5. The van der Waals surface area contributed by atoms with Crippen LogP contribution in [0.1, 0.15) is 17.0 Å². The maximum absolute atomic E-state index is 9.09. The standard InChI is InChI=1S/C13H12ClN3O/c1-8-13(9(2)17(3)16-8)18-12-6-4-5-11(14)10(12)7-15/h4-6H,1-3H3. The van der Waals surface area contributed by atoms with Gasteiger partial charge >= 0.3 is 0 Å². The summed E-state index contributed by atoms with van der Waals surface area (Å²) < 4.78 is 7.51. The van der Waals surface area contributed by atoms with Crippen molar-refractivity contribution in [3.8, 4) is 17.6 Å². The van der Waals surface area contributed by atoms with Gasteiger partial charge in [-0.05, 0) is 26.0 Å². The van der Waals surface area contributed by atoms with Gasteiger partial charge in [0.25, 0.3) is 0 Å². The Kier molecular flexibility index (Phi) is 3.26. The minimum Gasteiger partial charge on any atom is -0.452 e. The second-order valence-electron chi connectivity index (χ2n) is 3.95. The molecule has 18 heavy (non-hydrogen) atoms. The van der Waals surface area contributed by atoms with E-state index in [0.717, 1.165) is 11.4 Å². The lowest BCUT2D eigenvalue weighted by Crippen LogP contribution is -1.94. The smallest absolute Gasteiger partial charge is 0.171 e. The highest BCUT2D eigenvalue weighted by Gasteiger charge is 2.15. The first-order valence-corrected chi connectivity index (χ1v) is 5.79. The molecule has 1 aromatic carbocycles. The monoisotopic (exact) mass is 261 g/mol. The van der Waals surface area contributed by atoms with E-state index in [1.165, 1.54) is 0 Å². The molecule has 4 nitrogen and oxygen atoms in total. The summed E-state index contributed by atoms with van der Waals surface area (Å²) >= 11 is 5.96. The molecule has 2 rings (SSSR count). The van der Waals surface area contributed by atoms with Crippen molar-refractivity contribution in [3.05, 3.63) is 40.2 Å². The Morgan fingerprint density at radius 3 is 2.67 bits per heavy atom. The molecule has 0 unspecified atom stereocenters. The molecule has 0 radical (unpaired) electrons. The molecular weight excluding hydrogens is 250 g/mol.